The zero-order valence-corrected chi connectivity index (χ0v) is 19.9. The molecule has 2 aromatic carbocycles. The minimum Gasteiger partial charge on any atom is -0.465 e. The number of hydrogen-bond donors (Lipinski definition) is 2. The van der Waals surface area contributed by atoms with Crippen molar-refractivity contribution in [1.29, 1.82) is 0 Å². The van der Waals surface area contributed by atoms with Crippen LogP contribution in [0.3, 0.4) is 0 Å². The molecule has 1 unspecified atom stereocenters. The summed E-state index contributed by atoms with van der Waals surface area (Å²) in [7, 11) is 1.48. The number of benzene rings is 2. The van der Waals surface area contributed by atoms with E-state index in [1.54, 1.807) is 43.3 Å². The Labute approximate surface area is 205 Å². The van der Waals surface area contributed by atoms with Crippen molar-refractivity contribution in [3.8, 4) is 11.3 Å². The van der Waals surface area contributed by atoms with E-state index in [1.807, 2.05) is 13.0 Å². The van der Waals surface area contributed by atoms with Gasteiger partial charge in [0.15, 0.2) is 0 Å². The molecule has 0 aliphatic carbocycles. The van der Waals surface area contributed by atoms with Crippen molar-refractivity contribution in [2.24, 2.45) is 0 Å². The lowest BCUT2D eigenvalue weighted by Crippen LogP contribution is -2.31. The molecule has 10 heteroatoms. The zero-order valence-electron chi connectivity index (χ0n) is 19.2. The van der Waals surface area contributed by atoms with Crippen LogP contribution in [0.2, 0.25) is 5.02 Å². The molecule has 0 bridgehead atoms. The van der Waals surface area contributed by atoms with Crippen molar-refractivity contribution >= 4 is 29.3 Å². The van der Waals surface area contributed by atoms with E-state index in [0.717, 1.165) is 11.6 Å². The molecule has 3 rings (SSSR count). The number of carbonyl (C=O) groups is 2. The average molecular weight is 506 g/mol. The van der Waals surface area contributed by atoms with Gasteiger partial charge in [0.1, 0.15) is 5.69 Å². The van der Waals surface area contributed by atoms with Gasteiger partial charge >= 0.3 is 12.3 Å². The third-order valence-corrected chi connectivity index (χ3v) is 5.88. The van der Waals surface area contributed by atoms with Gasteiger partial charge < -0.3 is 15.3 Å². The molecule has 6 nitrogen and oxygen atoms in total. The highest BCUT2D eigenvalue weighted by molar-refractivity contribution is 6.31. The lowest BCUT2D eigenvalue weighted by Gasteiger charge is -2.25. The molecule has 1 atom stereocenters. The number of nitrogens with one attached hydrogen (secondary N) is 1. The Balaban J connectivity index is 1.96. The summed E-state index contributed by atoms with van der Waals surface area (Å²) < 4.78 is 40.1. The second-order valence-corrected chi connectivity index (χ2v) is 8.47. The van der Waals surface area contributed by atoms with E-state index >= 15 is 0 Å². The highest BCUT2D eigenvalue weighted by Gasteiger charge is 2.34. The van der Waals surface area contributed by atoms with Crippen molar-refractivity contribution in [2.45, 2.75) is 32.5 Å². The molecule has 0 spiro atoms. The van der Waals surface area contributed by atoms with Crippen LogP contribution in [0.15, 0.2) is 54.6 Å². The minimum atomic E-state index is -4.64. The van der Waals surface area contributed by atoms with Crippen molar-refractivity contribution in [1.82, 2.24) is 10.3 Å². The second kappa shape index (κ2) is 10.4. The van der Waals surface area contributed by atoms with Gasteiger partial charge in [0, 0.05) is 24.2 Å². The van der Waals surface area contributed by atoms with E-state index in [4.69, 9.17) is 16.7 Å². The maximum absolute atomic E-state index is 13.4. The van der Waals surface area contributed by atoms with Crippen LogP contribution in [0.1, 0.15) is 35.2 Å². The first-order chi connectivity index (χ1) is 16.4. The maximum Gasteiger partial charge on any atom is 0.433 e. The van der Waals surface area contributed by atoms with Crippen LogP contribution in [0.5, 0.6) is 0 Å². The van der Waals surface area contributed by atoms with Crippen LogP contribution in [0.25, 0.3) is 11.3 Å². The van der Waals surface area contributed by atoms with Crippen molar-refractivity contribution in [2.75, 3.05) is 11.9 Å². The molecule has 0 saturated heterocycles. The smallest absolute Gasteiger partial charge is 0.433 e. The van der Waals surface area contributed by atoms with Crippen LogP contribution in [0.4, 0.5) is 23.7 Å². The van der Waals surface area contributed by atoms with Gasteiger partial charge in [-0.15, -0.1) is 0 Å². The number of pyridine rings is 1. The number of nitrogens with zero attached hydrogens (tertiary/aromatic N) is 2. The number of carboxylic acid groups (broad SMARTS) is 1. The Kier molecular flexibility index (Phi) is 7.70. The highest BCUT2D eigenvalue weighted by atomic mass is 35.5. The second-order valence-electron chi connectivity index (χ2n) is 8.06. The predicted octanol–water partition coefficient (Wildman–Crippen LogP) is 6.26. The molecule has 0 saturated carbocycles. The summed E-state index contributed by atoms with van der Waals surface area (Å²) in [6.07, 6.45) is -5.83. The van der Waals surface area contributed by atoms with Gasteiger partial charge in [-0.1, -0.05) is 47.5 Å². The van der Waals surface area contributed by atoms with Crippen LogP contribution >= 0.6 is 11.6 Å². The molecular formula is C25H23ClF3N3O3. The predicted molar refractivity (Wildman–Crippen MR) is 128 cm³/mol. The maximum atomic E-state index is 13.4. The molecule has 184 valence electrons. The first-order valence-electron chi connectivity index (χ1n) is 10.6. The number of aromatic nitrogens is 1. The summed E-state index contributed by atoms with van der Waals surface area (Å²) in [5, 5.41) is 11.3. The Hall–Kier alpha value is -3.59. The monoisotopic (exact) mass is 505 g/mol. The van der Waals surface area contributed by atoms with E-state index in [1.165, 1.54) is 18.0 Å². The molecule has 0 radical (unpaired) electrons. The number of halogens is 4. The Morgan fingerprint density at radius 3 is 2.46 bits per heavy atom. The topological polar surface area (TPSA) is 82.5 Å². The van der Waals surface area contributed by atoms with Crippen LogP contribution in [0, 0.1) is 6.92 Å². The van der Waals surface area contributed by atoms with Crippen LogP contribution in [-0.2, 0) is 17.5 Å². The van der Waals surface area contributed by atoms with Gasteiger partial charge in [-0.05, 0) is 49.2 Å². The number of alkyl halides is 3. The summed E-state index contributed by atoms with van der Waals surface area (Å²) in [6, 6.07) is 13.8. The summed E-state index contributed by atoms with van der Waals surface area (Å²) in [6.45, 7) is 3.48. The summed E-state index contributed by atoms with van der Waals surface area (Å²) >= 11 is 6.26. The molecule has 0 fully saturated rings. The molecule has 2 N–H and O–H groups in total. The van der Waals surface area contributed by atoms with Gasteiger partial charge in [-0.2, -0.15) is 13.2 Å². The van der Waals surface area contributed by atoms with E-state index in [0.29, 0.717) is 16.7 Å². The van der Waals surface area contributed by atoms with Crippen LogP contribution in [-0.4, -0.2) is 29.1 Å². The fourth-order valence-electron chi connectivity index (χ4n) is 3.58. The van der Waals surface area contributed by atoms with E-state index in [2.05, 4.69) is 10.3 Å². The third-order valence-electron chi connectivity index (χ3n) is 5.53. The molecule has 2 amide bonds. The van der Waals surface area contributed by atoms with E-state index in [9.17, 15) is 22.8 Å². The number of carbonyl (C=O) groups excluding carboxylic acids is 1. The molecule has 1 aromatic heterocycles. The Bertz CT molecular complexity index is 1260. The van der Waals surface area contributed by atoms with Gasteiger partial charge in [0.05, 0.1) is 17.3 Å². The molecule has 35 heavy (non-hydrogen) atoms. The molecule has 1 heterocycles. The Morgan fingerprint density at radius 1 is 1.14 bits per heavy atom. The first kappa shape index (κ1) is 26.0. The number of hydrogen-bond acceptors (Lipinski definition) is 3. The number of amides is 2. The molecule has 0 aliphatic heterocycles. The number of aryl methyl sites for hydroxylation is 1. The third kappa shape index (κ3) is 6.10. The SMILES string of the molecule is Cc1cccc(-c2nc(C(F)(F)F)ccc2N(C)C(=O)C(C)c2ccc(CNC(=O)O)c(Cl)c2)c1. The molecule has 0 aliphatic rings. The first-order valence-corrected chi connectivity index (χ1v) is 10.9. The van der Waals surface area contributed by atoms with Crippen molar-refractivity contribution < 1.29 is 27.9 Å². The summed E-state index contributed by atoms with van der Waals surface area (Å²) in [5.74, 6) is -1.07. The Morgan fingerprint density at radius 2 is 1.86 bits per heavy atom. The lowest BCUT2D eigenvalue weighted by molar-refractivity contribution is -0.141. The summed E-state index contributed by atoms with van der Waals surface area (Å²) in [5.41, 5.74) is 1.62. The summed E-state index contributed by atoms with van der Waals surface area (Å²) in [4.78, 5) is 29.2. The lowest BCUT2D eigenvalue weighted by atomic mass is 9.97. The number of anilines is 1. The fourth-order valence-corrected chi connectivity index (χ4v) is 3.84. The van der Waals surface area contributed by atoms with Gasteiger partial charge in [0.25, 0.3) is 0 Å². The average Bonchev–Trinajstić information content (AvgIpc) is 2.80. The van der Waals surface area contributed by atoms with Crippen molar-refractivity contribution in [3.63, 3.8) is 0 Å². The zero-order chi connectivity index (χ0) is 25.9. The largest absolute Gasteiger partial charge is 0.465 e. The number of rotatable bonds is 6. The quantitative estimate of drug-likeness (QED) is 0.414. The van der Waals surface area contributed by atoms with E-state index in [-0.39, 0.29) is 28.9 Å². The van der Waals surface area contributed by atoms with Gasteiger partial charge in [0.2, 0.25) is 5.91 Å². The van der Waals surface area contributed by atoms with E-state index < -0.39 is 23.9 Å². The van der Waals surface area contributed by atoms with Crippen LogP contribution < -0.4 is 10.2 Å². The van der Waals surface area contributed by atoms with Crippen molar-refractivity contribution in [3.05, 3.63) is 82.0 Å². The van der Waals surface area contributed by atoms with Gasteiger partial charge in [-0.3, -0.25) is 4.79 Å². The van der Waals surface area contributed by atoms with Gasteiger partial charge in [-0.25, -0.2) is 9.78 Å². The normalized spacial score (nSPS) is 12.2. The highest BCUT2D eigenvalue weighted by Crippen LogP contribution is 2.36. The fraction of sp³-hybridized carbons (Fsp3) is 0.240. The number of likely N-dealkylation sites (N-methyl/N-ethyl adjacent to an activating group) is 1. The molecule has 3 aromatic rings. The standard InChI is InChI=1S/C25H23ClF3N3O3/c1-14-5-4-6-17(11-14)22-20(9-10-21(31-22)25(27,28)29)32(3)23(33)15(2)16-7-8-18(19(26)12-16)13-30-24(34)35/h4-12,15,30H,13H2,1-3H3,(H,34,35). The molecular weight excluding hydrogens is 483 g/mol. The minimum absolute atomic E-state index is 0.00769.